The second-order valence-electron chi connectivity index (χ2n) is 4.59. The topological polar surface area (TPSA) is 30.9 Å². The van der Waals surface area contributed by atoms with E-state index in [1.54, 1.807) is 21.3 Å². The van der Waals surface area contributed by atoms with Gasteiger partial charge in [0.15, 0.2) is 0 Å². The zero-order chi connectivity index (χ0) is 14.2. The van der Waals surface area contributed by atoms with E-state index in [4.69, 9.17) is 13.3 Å². The van der Waals surface area contributed by atoms with Gasteiger partial charge in [-0.2, -0.15) is 0 Å². The zero-order valence-electron chi connectivity index (χ0n) is 13.2. The van der Waals surface area contributed by atoms with Crippen LogP contribution in [0.4, 0.5) is 0 Å². The van der Waals surface area contributed by atoms with Crippen LogP contribution < -0.4 is 0 Å². The third-order valence-corrected chi connectivity index (χ3v) is 13.1. The average molecular weight is 294 g/mol. The second kappa shape index (κ2) is 8.45. The largest absolute Gasteiger partial charge is 0.514 e. The number of nitrogens with zero attached hydrogens (tertiary/aromatic N) is 1. The Hall–Kier alpha value is 0.274. The Bertz CT molecular complexity index is 205. The van der Waals surface area contributed by atoms with E-state index in [9.17, 15) is 0 Å². The van der Waals surface area contributed by atoms with Crippen molar-refractivity contribution in [2.24, 2.45) is 0 Å². The molecule has 4 nitrogen and oxygen atoms in total. The molecule has 18 heavy (non-hydrogen) atoms. The van der Waals surface area contributed by atoms with Gasteiger partial charge in [-0.25, -0.2) is 0 Å². The number of hydrogen-bond donors (Lipinski definition) is 0. The van der Waals surface area contributed by atoms with E-state index >= 15 is 0 Å². The molecule has 0 unspecified atom stereocenters. The van der Waals surface area contributed by atoms with Crippen LogP contribution in [0.1, 0.15) is 27.7 Å². The van der Waals surface area contributed by atoms with Crippen LogP contribution in [0.5, 0.6) is 0 Å². The second-order valence-corrected chi connectivity index (χ2v) is 12.7. The summed E-state index contributed by atoms with van der Waals surface area (Å²) in [5.41, 5.74) is 0. The Kier molecular flexibility index (Phi) is 8.57. The van der Waals surface area contributed by atoms with Crippen molar-refractivity contribution in [3.05, 3.63) is 0 Å². The fourth-order valence-electron chi connectivity index (χ4n) is 2.71. The van der Waals surface area contributed by atoms with Gasteiger partial charge >= 0.3 is 8.80 Å². The fraction of sp³-hybridized carbons (Fsp3) is 1.00. The first kappa shape index (κ1) is 18.3. The van der Waals surface area contributed by atoms with Crippen molar-refractivity contribution < 1.29 is 13.3 Å². The first-order chi connectivity index (χ1) is 8.53. The maximum Gasteiger partial charge on any atom is 0.514 e. The van der Waals surface area contributed by atoms with Crippen LogP contribution in [-0.4, -0.2) is 55.6 Å². The Balaban J connectivity index is 5.07. The predicted octanol–water partition coefficient (Wildman–Crippen LogP) is 2.73. The number of rotatable bonds is 10. The summed E-state index contributed by atoms with van der Waals surface area (Å²) in [6, 6.07) is 3.82. The lowest BCUT2D eigenvalue weighted by Gasteiger charge is -2.43. The van der Waals surface area contributed by atoms with E-state index in [2.05, 4.69) is 32.3 Å². The molecule has 0 saturated heterocycles. The van der Waals surface area contributed by atoms with Crippen molar-refractivity contribution in [3.63, 3.8) is 0 Å². The van der Waals surface area contributed by atoms with Gasteiger partial charge in [0.2, 0.25) is 0 Å². The highest BCUT2D eigenvalue weighted by Gasteiger charge is 2.45. The quantitative estimate of drug-likeness (QED) is 0.580. The van der Waals surface area contributed by atoms with E-state index < -0.39 is 17.0 Å². The van der Waals surface area contributed by atoms with Gasteiger partial charge in [-0.3, -0.25) is 0 Å². The van der Waals surface area contributed by atoms with Crippen LogP contribution in [0.3, 0.4) is 0 Å². The van der Waals surface area contributed by atoms with Crippen molar-refractivity contribution in [2.75, 3.05) is 34.0 Å². The van der Waals surface area contributed by atoms with Gasteiger partial charge in [0.25, 0.3) is 0 Å². The Morgan fingerprint density at radius 2 is 1.17 bits per heavy atom. The summed E-state index contributed by atoms with van der Waals surface area (Å²) in [4.78, 5) is 0. The molecule has 110 valence electrons. The summed E-state index contributed by atoms with van der Waals surface area (Å²) < 4.78 is 19.3. The molecule has 6 heteroatoms. The summed E-state index contributed by atoms with van der Waals surface area (Å²) in [5.74, 6) is 0. The van der Waals surface area contributed by atoms with Crippen LogP contribution in [0, 0.1) is 0 Å². The maximum atomic E-state index is 5.57. The molecule has 0 fully saturated rings. The lowest BCUT2D eigenvalue weighted by Crippen LogP contribution is -2.61. The van der Waals surface area contributed by atoms with E-state index in [0.717, 1.165) is 12.7 Å². The van der Waals surface area contributed by atoms with E-state index in [-0.39, 0.29) is 0 Å². The third-order valence-electron chi connectivity index (χ3n) is 4.34. The summed E-state index contributed by atoms with van der Waals surface area (Å²) in [6.45, 7) is 10.2. The first-order valence-electron chi connectivity index (χ1n) is 6.94. The molecule has 0 radical (unpaired) electrons. The van der Waals surface area contributed by atoms with Crippen LogP contribution in [0.15, 0.2) is 0 Å². The van der Waals surface area contributed by atoms with Gasteiger partial charge in [-0.05, 0) is 24.7 Å². The molecule has 0 N–H and O–H groups in total. The molecular weight excluding hydrogens is 262 g/mol. The molecule has 0 heterocycles. The molecule has 0 aromatic carbocycles. The highest BCUT2D eigenvalue weighted by Crippen LogP contribution is 2.26. The summed E-state index contributed by atoms with van der Waals surface area (Å²) >= 11 is 0. The Labute approximate surface area is 115 Å². The summed E-state index contributed by atoms with van der Waals surface area (Å²) in [5, 5.41) is 0. The molecule has 0 aromatic heterocycles. The normalized spacial score (nSPS) is 13.3. The van der Waals surface area contributed by atoms with Gasteiger partial charge in [0, 0.05) is 21.3 Å². The van der Waals surface area contributed by atoms with Crippen molar-refractivity contribution in [2.45, 2.75) is 45.8 Å². The molecule has 0 atom stereocenters. The van der Waals surface area contributed by atoms with Crippen LogP contribution in [-0.2, 0) is 13.3 Å². The van der Waals surface area contributed by atoms with Crippen molar-refractivity contribution in [1.82, 2.24) is 4.57 Å². The lowest BCUT2D eigenvalue weighted by atomic mass is 10.8. The minimum Gasteiger partial charge on any atom is -0.376 e. The van der Waals surface area contributed by atoms with Gasteiger partial charge in [-0.1, -0.05) is 27.7 Å². The Morgan fingerprint density at radius 1 is 0.778 bits per heavy atom. The minimum atomic E-state index is -2.50. The molecule has 0 aliphatic rings. The van der Waals surface area contributed by atoms with Crippen molar-refractivity contribution in [3.8, 4) is 0 Å². The standard InChI is InChI=1S/C12H31NO3Si2/c1-8-13(17(9-2,10-3)11-4)12-18(14-5,15-6)16-7/h8-12H2,1-7H3. The molecular formula is C12H31NO3Si2. The van der Waals surface area contributed by atoms with Gasteiger partial charge in [0.05, 0.1) is 6.17 Å². The van der Waals surface area contributed by atoms with Crippen molar-refractivity contribution in [1.29, 1.82) is 0 Å². The maximum absolute atomic E-state index is 5.57. The van der Waals surface area contributed by atoms with Gasteiger partial charge < -0.3 is 17.8 Å². The van der Waals surface area contributed by atoms with E-state index in [1.807, 2.05) is 0 Å². The predicted molar refractivity (Wildman–Crippen MR) is 81.2 cm³/mol. The fourth-order valence-corrected chi connectivity index (χ4v) is 9.73. The minimum absolute atomic E-state index is 0.814. The number of hydrogen-bond acceptors (Lipinski definition) is 4. The molecule has 0 spiro atoms. The monoisotopic (exact) mass is 293 g/mol. The SMILES string of the molecule is CCN(C[Si](OC)(OC)OC)[Si](CC)(CC)CC. The molecule has 0 bridgehead atoms. The van der Waals surface area contributed by atoms with Crippen molar-refractivity contribution >= 4 is 17.0 Å². The van der Waals surface area contributed by atoms with Gasteiger partial charge in [0.1, 0.15) is 8.24 Å². The lowest BCUT2D eigenvalue weighted by molar-refractivity contribution is 0.113. The molecule has 0 amide bonds. The molecule has 0 aromatic rings. The van der Waals surface area contributed by atoms with E-state index in [1.165, 1.54) is 18.1 Å². The first-order valence-corrected chi connectivity index (χ1v) is 11.4. The van der Waals surface area contributed by atoms with Crippen LogP contribution >= 0.6 is 0 Å². The molecule has 0 rings (SSSR count). The van der Waals surface area contributed by atoms with Crippen LogP contribution in [0.2, 0.25) is 18.1 Å². The molecule has 0 aliphatic heterocycles. The van der Waals surface area contributed by atoms with Crippen LogP contribution in [0.25, 0.3) is 0 Å². The van der Waals surface area contributed by atoms with E-state index in [0.29, 0.717) is 0 Å². The highest BCUT2D eigenvalue weighted by atomic mass is 28.4. The highest BCUT2D eigenvalue weighted by molar-refractivity contribution is 6.78. The third kappa shape index (κ3) is 3.88. The summed E-state index contributed by atoms with van der Waals surface area (Å²) in [6.07, 6.45) is 0.814. The smallest absolute Gasteiger partial charge is 0.376 e. The molecule has 0 saturated carbocycles. The Morgan fingerprint density at radius 3 is 1.39 bits per heavy atom. The average Bonchev–Trinajstić information content (AvgIpc) is 2.45. The summed E-state index contributed by atoms with van der Waals surface area (Å²) in [7, 11) is 1.21. The zero-order valence-corrected chi connectivity index (χ0v) is 15.2. The van der Waals surface area contributed by atoms with Gasteiger partial charge in [-0.15, -0.1) is 0 Å². The molecule has 0 aliphatic carbocycles.